The molecule has 0 aliphatic rings. The van der Waals surface area contributed by atoms with E-state index in [-0.39, 0.29) is 13.0 Å². The number of rotatable bonds is 17. The lowest BCUT2D eigenvalue weighted by Gasteiger charge is -2.19. The Labute approximate surface area is 249 Å². The Balaban J connectivity index is 1.88. The summed E-state index contributed by atoms with van der Waals surface area (Å²) in [5.41, 5.74) is 0.726. The monoisotopic (exact) mass is 616 g/mol. The van der Waals surface area contributed by atoms with Crippen LogP contribution >= 0.6 is 0 Å². The van der Waals surface area contributed by atoms with Crippen molar-refractivity contribution in [3.05, 3.63) is 77.7 Å². The van der Waals surface area contributed by atoms with Crippen molar-refractivity contribution in [3.63, 3.8) is 0 Å². The van der Waals surface area contributed by atoms with Gasteiger partial charge in [0.2, 0.25) is 17.7 Å². The summed E-state index contributed by atoms with van der Waals surface area (Å²) in [4.78, 5) is 72.0. The Kier molecular flexibility index (Phi) is 14.6. The number of carbonyl (C=O) groups is 6. The molecule has 0 aliphatic heterocycles. The van der Waals surface area contributed by atoms with Crippen LogP contribution in [0, 0.1) is 0 Å². The van der Waals surface area contributed by atoms with Crippen LogP contribution in [0.1, 0.15) is 24.8 Å². The van der Waals surface area contributed by atoms with Crippen molar-refractivity contribution in [1.82, 2.24) is 21.3 Å². The van der Waals surface area contributed by atoms with E-state index in [1.54, 1.807) is 60.7 Å². The van der Waals surface area contributed by atoms with Gasteiger partial charge in [-0.15, -0.1) is 0 Å². The van der Waals surface area contributed by atoms with E-state index in [0.717, 1.165) is 5.56 Å². The van der Waals surface area contributed by atoms with Gasteiger partial charge in [-0.1, -0.05) is 54.6 Å². The molecule has 6 N–H and O–H groups in total. The Hall–Kier alpha value is -5.05. The zero-order valence-corrected chi connectivity index (χ0v) is 23.7. The van der Waals surface area contributed by atoms with Crippen LogP contribution in [-0.2, 0) is 46.1 Å². The molecule has 0 radical (unpaired) electrons. The van der Waals surface area contributed by atoms with Gasteiger partial charge in [-0.2, -0.15) is 0 Å². The number of carboxylic acids is 2. The normalized spacial score (nSPS) is 12.7. The molecule has 0 aromatic heterocycles. The summed E-state index contributed by atoms with van der Waals surface area (Å²) < 4.78 is 17.4. The molecule has 43 heavy (non-hydrogen) atoms. The van der Waals surface area contributed by atoms with Crippen LogP contribution in [0.3, 0.4) is 0 Å². The van der Waals surface area contributed by atoms with Crippen LogP contribution in [0.15, 0.2) is 77.0 Å². The van der Waals surface area contributed by atoms with Crippen molar-refractivity contribution in [1.29, 1.82) is 0 Å². The molecule has 0 aliphatic carbocycles. The first-order valence-electron chi connectivity index (χ1n) is 12.9. The summed E-state index contributed by atoms with van der Waals surface area (Å²) in [6.45, 7) is -1.24. The third-order valence-corrected chi connectivity index (χ3v) is 6.62. The minimum Gasteiger partial charge on any atom is -0.481 e. The van der Waals surface area contributed by atoms with E-state index in [9.17, 15) is 33.0 Å². The van der Waals surface area contributed by atoms with Gasteiger partial charge < -0.3 is 36.2 Å². The molecule has 2 aromatic rings. The number of benzene rings is 2. The van der Waals surface area contributed by atoms with Gasteiger partial charge >= 0.3 is 18.0 Å². The average molecular weight is 617 g/mol. The van der Waals surface area contributed by atoms with E-state index in [0.29, 0.717) is 4.90 Å². The number of carboxylic acid groups (broad SMARTS) is 2. The van der Waals surface area contributed by atoms with E-state index in [1.807, 2.05) is 0 Å². The van der Waals surface area contributed by atoms with Crippen molar-refractivity contribution < 1.29 is 47.9 Å². The molecule has 230 valence electrons. The number of ether oxygens (including phenoxy) is 1. The molecule has 3 atom stereocenters. The third kappa shape index (κ3) is 14.4. The Bertz CT molecular complexity index is 1320. The van der Waals surface area contributed by atoms with E-state index in [1.165, 1.54) is 11.5 Å². The Morgan fingerprint density at radius 1 is 0.814 bits per heavy atom. The number of nitrogens with one attached hydrogen (secondary N) is 4. The quantitative estimate of drug-likeness (QED) is 0.146. The Morgan fingerprint density at radius 2 is 1.42 bits per heavy atom. The lowest BCUT2D eigenvalue weighted by atomic mass is 10.1. The summed E-state index contributed by atoms with van der Waals surface area (Å²) in [6, 6.07) is 14.7. The van der Waals surface area contributed by atoms with Crippen LogP contribution in [0.25, 0.3) is 0 Å². The summed E-state index contributed by atoms with van der Waals surface area (Å²) in [6.07, 6.45) is -0.950. The predicted molar refractivity (Wildman–Crippen MR) is 153 cm³/mol. The molecule has 0 spiro atoms. The van der Waals surface area contributed by atoms with Crippen molar-refractivity contribution in [3.8, 4) is 0 Å². The van der Waals surface area contributed by atoms with Gasteiger partial charge in [-0.05, 0) is 24.1 Å². The fourth-order valence-corrected chi connectivity index (χ4v) is 4.33. The SMILES string of the molecule is O=C(O)CCC(NC(=O)CNC(=O)OCc1ccccc1)C(=O)NCC(=O)NC(/C=C/S(=O)c1ccccc1)CC(=O)O. The molecule has 14 nitrogen and oxygen atoms in total. The largest absolute Gasteiger partial charge is 0.481 e. The molecule has 2 rings (SSSR count). The lowest BCUT2D eigenvalue weighted by Crippen LogP contribution is -2.51. The standard InChI is InChI=1S/C28H32N4O10S/c33-23(31-20(15-26(37)38)13-14-43(41)21-9-5-2-6-10-21)16-29-27(39)22(11-12-25(35)36)32-24(34)17-30-28(40)42-18-19-7-3-1-4-8-19/h1-10,13-14,20,22H,11-12,15-18H2,(H,29,39)(H,30,40)(H,31,33)(H,32,34)(H,35,36)(H,37,38)/b14-13+. The van der Waals surface area contributed by atoms with E-state index in [4.69, 9.17) is 14.9 Å². The number of aliphatic carboxylic acids is 2. The fraction of sp³-hybridized carbons (Fsp3) is 0.286. The van der Waals surface area contributed by atoms with Gasteiger partial charge in [0.25, 0.3) is 0 Å². The minimum absolute atomic E-state index is 0.0337. The zero-order chi connectivity index (χ0) is 31.6. The van der Waals surface area contributed by atoms with Crippen LogP contribution in [-0.4, -0.2) is 75.3 Å². The smallest absolute Gasteiger partial charge is 0.407 e. The van der Waals surface area contributed by atoms with Gasteiger partial charge in [-0.3, -0.25) is 24.0 Å². The van der Waals surface area contributed by atoms with Crippen molar-refractivity contribution >= 4 is 46.6 Å². The zero-order valence-electron chi connectivity index (χ0n) is 22.9. The maximum Gasteiger partial charge on any atom is 0.407 e. The predicted octanol–water partition coefficient (Wildman–Crippen LogP) is 0.660. The van der Waals surface area contributed by atoms with Gasteiger partial charge in [0, 0.05) is 16.7 Å². The highest BCUT2D eigenvalue weighted by Gasteiger charge is 2.23. The molecule has 3 unspecified atom stereocenters. The molecule has 0 fully saturated rings. The maximum atomic E-state index is 12.7. The van der Waals surface area contributed by atoms with Crippen molar-refractivity contribution in [2.24, 2.45) is 0 Å². The van der Waals surface area contributed by atoms with Crippen LogP contribution < -0.4 is 21.3 Å². The van der Waals surface area contributed by atoms with Crippen LogP contribution in [0.2, 0.25) is 0 Å². The van der Waals surface area contributed by atoms with Gasteiger partial charge in [-0.25, -0.2) is 9.00 Å². The fourth-order valence-electron chi connectivity index (χ4n) is 3.41. The van der Waals surface area contributed by atoms with Crippen molar-refractivity contribution in [2.75, 3.05) is 13.1 Å². The molecular formula is C28H32N4O10S. The first-order valence-corrected chi connectivity index (χ1v) is 14.1. The van der Waals surface area contributed by atoms with E-state index in [2.05, 4.69) is 21.3 Å². The summed E-state index contributed by atoms with van der Waals surface area (Å²) >= 11 is 0. The second kappa shape index (κ2) is 18.4. The highest BCUT2D eigenvalue weighted by atomic mass is 32.2. The number of hydrogen-bond acceptors (Lipinski definition) is 8. The van der Waals surface area contributed by atoms with E-state index < -0.39 is 84.6 Å². The molecule has 0 bridgehead atoms. The average Bonchev–Trinajstić information content (AvgIpc) is 2.99. The first kappa shape index (κ1) is 34.2. The number of alkyl carbamates (subject to hydrolysis) is 1. The second-order valence-electron chi connectivity index (χ2n) is 8.90. The first-order chi connectivity index (χ1) is 20.5. The highest BCUT2D eigenvalue weighted by Crippen LogP contribution is 2.08. The molecule has 0 saturated carbocycles. The molecule has 2 aromatic carbocycles. The maximum absolute atomic E-state index is 12.7. The molecular weight excluding hydrogens is 584 g/mol. The molecule has 0 saturated heterocycles. The summed E-state index contributed by atoms with van der Waals surface area (Å²) in [5.74, 6) is -4.96. The highest BCUT2D eigenvalue weighted by molar-refractivity contribution is 7.88. The van der Waals surface area contributed by atoms with Gasteiger partial charge in [0.15, 0.2) is 0 Å². The van der Waals surface area contributed by atoms with E-state index >= 15 is 0 Å². The van der Waals surface area contributed by atoms with Crippen LogP contribution in [0.4, 0.5) is 4.79 Å². The second-order valence-corrected chi connectivity index (χ2v) is 10.2. The lowest BCUT2D eigenvalue weighted by molar-refractivity contribution is -0.139. The summed E-state index contributed by atoms with van der Waals surface area (Å²) in [7, 11) is -1.60. The number of hydrogen-bond donors (Lipinski definition) is 6. The minimum atomic E-state index is -1.60. The van der Waals surface area contributed by atoms with Crippen LogP contribution in [0.5, 0.6) is 0 Å². The molecule has 15 heteroatoms. The van der Waals surface area contributed by atoms with Crippen molar-refractivity contribution in [2.45, 2.75) is 42.8 Å². The molecule has 4 amide bonds. The Morgan fingerprint density at radius 3 is 2.05 bits per heavy atom. The third-order valence-electron chi connectivity index (χ3n) is 5.48. The number of amides is 4. The molecule has 0 heterocycles. The summed E-state index contributed by atoms with van der Waals surface area (Å²) in [5, 5.41) is 28.6. The van der Waals surface area contributed by atoms with Gasteiger partial charge in [0.1, 0.15) is 19.2 Å². The number of carbonyl (C=O) groups excluding carboxylic acids is 4. The van der Waals surface area contributed by atoms with Gasteiger partial charge in [0.05, 0.1) is 29.8 Å². The topological polar surface area (TPSA) is 217 Å².